The van der Waals surface area contributed by atoms with Crippen LogP contribution in [0.2, 0.25) is 0 Å². The van der Waals surface area contributed by atoms with E-state index in [1.54, 1.807) is 0 Å². The van der Waals surface area contributed by atoms with Crippen molar-refractivity contribution in [3.63, 3.8) is 0 Å². The molecule has 0 radical (unpaired) electrons. The lowest BCUT2D eigenvalue weighted by Gasteiger charge is -2.39. The van der Waals surface area contributed by atoms with Crippen LogP contribution in [0, 0.1) is 26.2 Å². The molecule has 0 saturated carbocycles. The fraction of sp³-hybridized carbons (Fsp3) is 0.611. The maximum atomic E-state index is 12.5. The predicted molar refractivity (Wildman–Crippen MR) is 87.8 cm³/mol. The van der Waals surface area contributed by atoms with Gasteiger partial charge in [0.25, 0.3) is 5.91 Å². The number of amides is 1. The molecule has 1 aromatic rings. The normalized spacial score (nSPS) is 21.1. The quantitative estimate of drug-likeness (QED) is 0.897. The lowest BCUT2D eigenvalue weighted by molar-refractivity contribution is 0.0927. The monoisotopic (exact) mass is 288 g/mol. The van der Waals surface area contributed by atoms with E-state index in [0.29, 0.717) is 12.6 Å². The number of aryl methyl sites for hydroxylation is 3. The number of benzene rings is 1. The fourth-order valence-corrected chi connectivity index (χ4v) is 3.44. The van der Waals surface area contributed by atoms with Crippen molar-refractivity contribution in [2.75, 3.05) is 13.1 Å². The van der Waals surface area contributed by atoms with Crippen LogP contribution in [0.5, 0.6) is 0 Å². The van der Waals surface area contributed by atoms with Crippen LogP contribution >= 0.6 is 0 Å². The van der Waals surface area contributed by atoms with Crippen LogP contribution in [0.3, 0.4) is 0 Å². The third-order valence-corrected chi connectivity index (χ3v) is 4.70. The highest BCUT2D eigenvalue weighted by atomic mass is 16.1. The maximum Gasteiger partial charge on any atom is 0.251 e. The van der Waals surface area contributed by atoms with Gasteiger partial charge in [-0.2, -0.15) is 0 Å². The van der Waals surface area contributed by atoms with Gasteiger partial charge < -0.3 is 10.6 Å². The molecule has 1 aliphatic rings. The van der Waals surface area contributed by atoms with E-state index in [-0.39, 0.29) is 11.3 Å². The van der Waals surface area contributed by atoms with Crippen molar-refractivity contribution in [3.8, 4) is 0 Å². The minimum Gasteiger partial charge on any atom is -0.350 e. The summed E-state index contributed by atoms with van der Waals surface area (Å²) >= 11 is 0. The van der Waals surface area contributed by atoms with Gasteiger partial charge in [0, 0.05) is 18.2 Å². The van der Waals surface area contributed by atoms with E-state index in [2.05, 4.69) is 43.5 Å². The van der Waals surface area contributed by atoms with Crippen LogP contribution in [-0.4, -0.2) is 25.0 Å². The standard InChI is InChI=1S/C18H28N2O/c1-12-9-13(2)16(14(3)10-12)17(21)20-11-15-18(4,5)7-6-8-19-15/h9-10,15,19H,6-8,11H2,1-5H3,(H,20,21). The van der Waals surface area contributed by atoms with E-state index in [4.69, 9.17) is 0 Å². The number of nitrogens with one attached hydrogen (secondary N) is 2. The van der Waals surface area contributed by atoms with E-state index >= 15 is 0 Å². The van der Waals surface area contributed by atoms with Gasteiger partial charge in [0.1, 0.15) is 0 Å². The molecule has 1 aromatic carbocycles. The van der Waals surface area contributed by atoms with Crippen molar-refractivity contribution in [2.45, 2.75) is 53.5 Å². The molecule has 0 aromatic heterocycles. The topological polar surface area (TPSA) is 41.1 Å². The molecule has 2 rings (SSSR count). The Morgan fingerprint density at radius 1 is 1.29 bits per heavy atom. The Hall–Kier alpha value is -1.35. The lowest BCUT2D eigenvalue weighted by atomic mass is 9.77. The van der Waals surface area contributed by atoms with Crippen molar-refractivity contribution in [2.24, 2.45) is 5.41 Å². The minimum atomic E-state index is 0.0492. The first-order valence-electron chi connectivity index (χ1n) is 7.91. The molecular weight excluding hydrogens is 260 g/mol. The van der Waals surface area contributed by atoms with Gasteiger partial charge in [-0.3, -0.25) is 4.79 Å². The Morgan fingerprint density at radius 2 is 1.90 bits per heavy atom. The van der Waals surface area contributed by atoms with Gasteiger partial charge in [0.2, 0.25) is 0 Å². The van der Waals surface area contributed by atoms with Gasteiger partial charge in [-0.1, -0.05) is 31.5 Å². The molecule has 1 saturated heterocycles. The van der Waals surface area contributed by atoms with Gasteiger partial charge in [0.15, 0.2) is 0 Å². The number of piperidine rings is 1. The molecule has 1 heterocycles. The van der Waals surface area contributed by atoms with Gasteiger partial charge in [-0.05, 0) is 56.7 Å². The summed E-state index contributed by atoms with van der Waals surface area (Å²) < 4.78 is 0. The molecule has 2 N–H and O–H groups in total. The van der Waals surface area contributed by atoms with Gasteiger partial charge >= 0.3 is 0 Å². The van der Waals surface area contributed by atoms with E-state index < -0.39 is 0 Å². The second-order valence-electron chi connectivity index (χ2n) is 7.08. The van der Waals surface area contributed by atoms with Crippen LogP contribution in [-0.2, 0) is 0 Å². The SMILES string of the molecule is Cc1cc(C)c(C(=O)NCC2NCCCC2(C)C)c(C)c1. The molecule has 21 heavy (non-hydrogen) atoms. The van der Waals surface area contributed by atoms with Gasteiger partial charge in [-0.25, -0.2) is 0 Å². The van der Waals surface area contributed by atoms with Crippen molar-refractivity contribution in [1.82, 2.24) is 10.6 Å². The summed E-state index contributed by atoms with van der Waals surface area (Å²) in [6.45, 7) is 12.4. The summed E-state index contributed by atoms with van der Waals surface area (Å²) in [6.07, 6.45) is 2.43. The molecule has 0 aliphatic carbocycles. The van der Waals surface area contributed by atoms with Crippen molar-refractivity contribution in [1.29, 1.82) is 0 Å². The van der Waals surface area contributed by atoms with E-state index in [1.807, 2.05) is 13.8 Å². The highest BCUT2D eigenvalue weighted by Gasteiger charge is 2.32. The first-order chi connectivity index (χ1) is 9.81. The summed E-state index contributed by atoms with van der Waals surface area (Å²) in [4.78, 5) is 12.5. The third kappa shape index (κ3) is 3.65. The predicted octanol–water partition coefficient (Wildman–Crippen LogP) is 3.12. The van der Waals surface area contributed by atoms with Gasteiger partial charge in [0.05, 0.1) is 0 Å². The molecule has 0 bridgehead atoms. The second-order valence-corrected chi connectivity index (χ2v) is 7.08. The summed E-state index contributed by atoms with van der Waals surface area (Å²) in [5.41, 5.74) is 4.38. The van der Waals surface area contributed by atoms with Crippen LogP contribution < -0.4 is 10.6 Å². The van der Waals surface area contributed by atoms with E-state index in [0.717, 1.165) is 23.2 Å². The average molecular weight is 288 g/mol. The molecule has 1 amide bonds. The van der Waals surface area contributed by atoms with Crippen LogP contribution in [0.1, 0.15) is 53.7 Å². The number of hydrogen-bond donors (Lipinski definition) is 2. The molecule has 1 atom stereocenters. The molecule has 3 heteroatoms. The maximum absolute atomic E-state index is 12.5. The highest BCUT2D eigenvalue weighted by Crippen LogP contribution is 2.29. The molecule has 0 spiro atoms. The molecule has 3 nitrogen and oxygen atoms in total. The first-order valence-corrected chi connectivity index (χ1v) is 7.91. The Bertz CT molecular complexity index is 511. The fourth-order valence-electron chi connectivity index (χ4n) is 3.44. The number of hydrogen-bond acceptors (Lipinski definition) is 2. The molecule has 1 fully saturated rings. The van der Waals surface area contributed by atoms with Crippen molar-refractivity contribution >= 4 is 5.91 Å². The van der Waals surface area contributed by atoms with E-state index in [1.165, 1.54) is 18.4 Å². The summed E-state index contributed by atoms with van der Waals surface area (Å²) in [6, 6.07) is 4.50. The number of rotatable bonds is 3. The smallest absolute Gasteiger partial charge is 0.251 e. The van der Waals surface area contributed by atoms with Crippen LogP contribution in [0.25, 0.3) is 0 Å². The summed E-state index contributed by atoms with van der Waals surface area (Å²) in [7, 11) is 0. The Morgan fingerprint density at radius 3 is 2.48 bits per heavy atom. The van der Waals surface area contributed by atoms with Gasteiger partial charge in [-0.15, -0.1) is 0 Å². The summed E-state index contributed by atoms with van der Waals surface area (Å²) in [5, 5.41) is 6.66. The van der Waals surface area contributed by atoms with Crippen LogP contribution in [0.15, 0.2) is 12.1 Å². The largest absolute Gasteiger partial charge is 0.350 e. The van der Waals surface area contributed by atoms with Crippen LogP contribution in [0.4, 0.5) is 0 Å². The zero-order valence-corrected chi connectivity index (χ0v) is 14.0. The summed E-state index contributed by atoms with van der Waals surface area (Å²) in [5.74, 6) is 0.0492. The number of carbonyl (C=O) groups is 1. The van der Waals surface area contributed by atoms with Crippen molar-refractivity contribution < 1.29 is 4.79 Å². The third-order valence-electron chi connectivity index (χ3n) is 4.70. The molecule has 1 unspecified atom stereocenters. The average Bonchev–Trinajstić information content (AvgIpc) is 2.35. The van der Waals surface area contributed by atoms with E-state index in [9.17, 15) is 4.79 Å². The highest BCUT2D eigenvalue weighted by molar-refractivity contribution is 5.97. The molecule has 1 aliphatic heterocycles. The Kier molecular flexibility index (Phi) is 4.72. The lowest BCUT2D eigenvalue weighted by Crippen LogP contribution is -2.52. The first kappa shape index (κ1) is 16.0. The Labute approximate surface area is 128 Å². The molecular formula is C18H28N2O. The minimum absolute atomic E-state index is 0.0492. The Balaban J connectivity index is 2.05. The van der Waals surface area contributed by atoms with Crippen molar-refractivity contribution in [3.05, 3.63) is 34.4 Å². The molecule has 116 valence electrons. The number of carbonyl (C=O) groups excluding carboxylic acids is 1. The zero-order chi connectivity index (χ0) is 15.6. The zero-order valence-electron chi connectivity index (χ0n) is 14.0. The second kappa shape index (κ2) is 6.18.